The fourth-order valence-electron chi connectivity index (χ4n) is 2.49. The van der Waals surface area contributed by atoms with Gasteiger partial charge in [-0.15, -0.1) is 0 Å². The average Bonchev–Trinajstić information content (AvgIpc) is 2.81. The number of nitrogens with one attached hydrogen (secondary N) is 1. The fourth-order valence-corrected chi connectivity index (χ4v) is 3.55. The Morgan fingerprint density at radius 2 is 2.06 bits per heavy atom. The molecule has 18 heavy (non-hydrogen) atoms. The van der Waals surface area contributed by atoms with Gasteiger partial charge in [0.1, 0.15) is 0 Å². The number of benzene rings is 1. The van der Waals surface area contributed by atoms with Gasteiger partial charge in [-0.1, -0.05) is 50.8 Å². The van der Waals surface area contributed by atoms with E-state index in [9.17, 15) is 4.79 Å². The van der Waals surface area contributed by atoms with Gasteiger partial charge in [-0.05, 0) is 37.5 Å². The second kappa shape index (κ2) is 5.74. The van der Waals surface area contributed by atoms with Crippen molar-refractivity contribution in [3.63, 3.8) is 0 Å². The average molecular weight is 375 g/mol. The molecule has 1 aliphatic rings. The smallest absolute Gasteiger partial charge is 0.252 e. The van der Waals surface area contributed by atoms with Gasteiger partial charge in [0.25, 0.3) is 5.91 Å². The van der Waals surface area contributed by atoms with E-state index in [-0.39, 0.29) is 11.4 Å². The third-order valence-corrected chi connectivity index (χ3v) is 5.21. The molecule has 0 aromatic heterocycles. The normalized spacial score (nSPS) is 17.7. The van der Waals surface area contributed by atoms with Gasteiger partial charge in [0, 0.05) is 15.4 Å². The summed E-state index contributed by atoms with van der Waals surface area (Å²) in [6.45, 7) is 1.97. The maximum Gasteiger partial charge on any atom is 0.252 e. The quantitative estimate of drug-likeness (QED) is 0.789. The van der Waals surface area contributed by atoms with E-state index < -0.39 is 0 Å². The number of carbonyl (C=O) groups is 1. The van der Waals surface area contributed by atoms with E-state index in [2.05, 4.69) is 37.2 Å². The summed E-state index contributed by atoms with van der Waals surface area (Å²) < 4.78 is 0.942. The number of halogens is 2. The van der Waals surface area contributed by atoms with Crippen LogP contribution >= 0.6 is 31.9 Å². The van der Waals surface area contributed by atoms with Crippen LogP contribution in [0, 0.1) is 6.92 Å². The highest BCUT2D eigenvalue weighted by molar-refractivity contribution is 9.10. The van der Waals surface area contributed by atoms with Crippen LogP contribution in [0.25, 0.3) is 0 Å². The van der Waals surface area contributed by atoms with Crippen LogP contribution in [0.2, 0.25) is 0 Å². The summed E-state index contributed by atoms with van der Waals surface area (Å²) in [6.07, 6.45) is 4.53. The van der Waals surface area contributed by atoms with Crippen molar-refractivity contribution in [3.05, 3.63) is 33.8 Å². The molecule has 1 aliphatic carbocycles. The van der Waals surface area contributed by atoms with Gasteiger partial charge in [-0.2, -0.15) is 0 Å². The minimum atomic E-state index is -0.0498. The molecule has 1 N–H and O–H groups in total. The number of aryl methyl sites for hydroxylation is 1. The van der Waals surface area contributed by atoms with Crippen LogP contribution in [0.5, 0.6) is 0 Å². The van der Waals surface area contributed by atoms with E-state index >= 15 is 0 Å². The topological polar surface area (TPSA) is 29.1 Å². The van der Waals surface area contributed by atoms with Gasteiger partial charge in [-0.25, -0.2) is 0 Å². The second-order valence-corrected chi connectivity index (χ2v) is 6.51. The van der Waals surface area contributed by atoms with Gasteiger partial charge in [0.15, 0.2) is 0 Å². The molecule has 0 saturated heterocycles. The Balaban J connectivity index is 2.18. The molecular formula is C14H17Br2NO. The number of amides is 1. The molecule has 0 heterocycles. The number of rotatable bonds is 3. The Morgan fingerprint density at radius 3 is 2.67 bits per heavy atom. The maximum absolute atomic E-state index is 12.4. The lowest BCUT2D eigenvalue weighted by Gasteiger charge is -2.28. The van der Waals surface area contributed by atoms with Crippen molar-refractivity contribution in [3.8, 4) is 0 Å². The van der Waals surface area contributed by atoms with Gasteiger partial charge in [0.2, 0.25) is 0 Å². The summed E-state index contributed by atoms with van der Waals surface area (Å²) in [4.78, 5) is 12.4. The van der Waals surface area contributed by atoms with E-state index in [1.807, 2.05) is 25.1 Å². The Morgan fingerprint density at radius 1 is 1.39 bits per heavy atom. The zero-order chi connectivity index (χ0) is 13.2. The Hall–Kier alpha value is -0.350. The Bertz CT molecular complexity index is 453. The van der Waals surface area contributed by atoms with E-state index in [1.165, 1.54) is 12.8 Å². The van der Waals surface area contributed by atoms with E-state index in [1.54, 1.807) is 0 Å². The summed E-state index contributed by atoms with van der Waals surface area (Å²) in [5.74, 6) is 0.0372. The first-order valence-corrected chi connectivity index (χ1v) is 8.12. The summed E-state index contributed by atoms with van der Waals surface area (Å²) >= 11 is 6.96. The Kier molecular flexibility index (Phi) is 4.49. The van der Waals surface area contributed by atoms with Crippen molar-refractivity contribution in [2.24, 2.45) is 0 Å². The van der Waals surface area contributed by atoms with Gasteiger partial charge in [0.05, 0.1) is 5.54 Å². The van der Waals surface area contributed by atoms with Crippen molar-refractivity contribution in [1.29, 1.82) is 0 Å². The van der Waals surface area contributed by atoms with Crippen LogP contribution in [0.1, 0.15) is 41.6 Å². The molecule has 0 unspecified atom stereocenters. The highest BCUT2D eigenvalue weighted by Crippen LogP contribution is 2.31. The standard InChI is InChI=1S/C14H17Br2NO/c1-10-4-5-11(16)8-12(10)13(18)17-14(9-15)6-2-3-7-14/h4-5,8H,2-3,6-7,9H2,1H3,(H,17,18). The predicted octanol–water partition coefficient (Wildman–Crippen LogP) is 4.20. The molecule has 2 nitrogen and oxygen atoms in total. The zero-order valence-electron chi connectivity index (χ0n) is 10.4. The van der Waals surface area contributed by atoms with E-state index in [4.69, 9.17) is 0 Å². The number of carbonyl (C=O) groups excluding carboxylic acids is 1. The van der Waals surface area contributed by atoms with Crippen LogP contribution in [0.3, 0.4) is 0 Å². The summed E-state index contributed by atoms with van der Waals surface area (Å²) in [5, 5.41) is 4.05. The molecule has 0 spiro atoms. The lowest BCUT2D eigenvalue weighted by molar-refractivity contribution is 0.0909. The lowest BCUT2D eigenvalue weighted by Crippen LogP contribution is -2.47. The first-order chi connectivity index (χ1) is 8.56. The molecule has 0 radical (unpaired) electrons. The number of hydrogen-bond donors (Lipinski definition) is 1. The molecule has 1 amide bonds. The van der Waals surface area contributed by atoms with Crippen molar-refractivity contribution in [2.45, 2.75) is 38.1 Å². The van der Waals surface area contributed by atoms with Crippen LogP contribution in [0.4, 0.5) is 0 Å². The van der Waals surface area contributed by atoms with Crippen molar-refractivity contribution < 1.29 is 4.79 Å². The molecule has 4 heteroatoms. The molecule has 1 fully saturated rings. The van der Waals surface area contributed by atoms with E-state index in [0.29, 0.717) is 0 Å². The molecule has 98 valence electrons. The fraction of sp³-hybridized carbons (Fsp3) is 0.500. The number of hydrogen-bond acceptors (Lipinski definition) is 1. The van der Waals surface area contributed by atoms with Gasteiger partial charge < -0.3 is 5.32 Å². The molecule has 0 aliphatic heterocycles. The monoisotopic (exact) mass is 373 g/mol. The van der Waals surface area contributed by atoms with Crippen LogP contribution < -0.4 is 5.32 Å². The SMILES string of the molecule is Cc1ccc(Br)cc1C(=O)NC1(CBr)CCCC1. The minimum absolute atomic E-state index is 0.0372. The minimum Gasteiger partial charge on any atom is -0.346 e. The summed E-state index contributed by atoms with van der Waals surface area (Å²) in [5.41, 5.74) is 1.72. The van der Waals surface area contributed by atoms with Gasteiger partial charge >= 0.3 is 0 Å². The molecule has 1 saturated carbocycles. The van der Waals surface area contributed by atoms with Crippen molar-refractivity contribution >= 4 is 37.8 Å². The maximum atomic E-state index is 12.4. The van der Waals surface area contributed by atoms with Crippen LogP contribution in [-0.4, -0.2) is 16.8 Å². The third kappa shape index (κ3) is 2.97. The summed E-state index contributed by atoms with van der Waals surface area (Å²) in [7, 11) is 0. The molecule has 0 atom stereocenters. The van der Waals surface area contributed by atoms with Gasteiger partial charge in [-0.3, -0.25) is 4.79 Å². The molecular weight excluding hydrogens is 358 g/mol. The molecule has 1 aromatic carbocycles. The summed E-state index contributed by atoms with van der Waals surface area (Å²) in [6, 6.07) is 5.82. The highest BCUT2D eigenvalue weighted by atomic mass is 79.9. The third-order valence-electron chi connectivity index (χ3n) is 3.64. The Labute approximate surface area is 125 Å². The molecule has 0 bridgehead atoms. The largest absolute Gasteiger partial charge is 0.346 e. The zero-order valence-corrected chi connectivity index (χ0v) is 13.6. The first-order valence-electron chi connectivity index (χ1n) is 6.21. The van der Waals surface area contributed by atoms with Crippen LogP contribution in [-0.2, 0) is 0 Å². The van der Waals surface area contributed by atoms with Crippen molar-refractivity contribution in [1.82, 2.24) is 5.32 Å². The lowest BCUT2D eigenvalue weighted by atomic mass is 9.99. The highest BCUT2D eigenvalue weighted by Gasteiger charge is 2.34. The van der Waals surface area contributed by atoms with E-state index in [0.717, 1.165) is 33.8 Å². The first kappa shape index (κ1) is 14.1. The van der Waals surface area contributed by atoms with Crippen LogP contribution in [0.15, 0.2) is 22.7 Å². The number of alkyl halides is 1. The van der Waals surface area contributed by atoms with Crippen molar-refractivity contribution in [2.75, 3.05) is 5.33 Å². The predicted molar refractivity (Wildman–Crippen MR) is 81.3 cm³/mol. The molecule has 1 aromatic rings. The molecule has 2 rings (SSSR count). The second-order valence-electron chi connectivity index (χ2n) is 5.03.